The van der Waals surface area contributed by atoms with Crippen molar-refractivity contribution in [1.29, 1.82) is 0 Å². The number of nitrogens with zero attached hydrogens (tertiary/aromatic N) is 5. The van der Waals surface area contributed by atoms with Crippen molar-refractivity contribution in [2.45, 2.75) is 26.9 Å². The third-order valence-corrected chi connectivity index (χ3v) is 6.35. The summed E-state index contributed by atoms with van der Waals surface area (Å²) in [7, 11) is 1.67. The minimum absolute atomic E-state index is 0.177. The molecule has 4 aromatic rings. The molecule has 0 spiro atoms. The first-order valence-electron chi connectivity index (χ1n) is 10.6. The van der Waals surface area contributed by atoms with Gasteiger partial charge in [-0.3, -0.25) is 13.9 Å². The van der Waals surface area contributed by atoms with Crippen LogP contribution >= 0.6 is 11.6 Å². The second-order valence-corrected chi connectivity index (χ2v) is 8.99. The molecule has 1 unspecified atom stereocenters. The molecule has 8 heteroatoms. The van der Waals surface area contributed by atoms with Gasteiger partial charge in [-0.2, -0.15) is 4.98 Å². The zero-order valence-corrected chi connectivity index (χ0v) is 19.0. The van der Waals surface area contributed by atoms with E-state index in [0.717, 1.165) is 23.4 Å². The number of rotatable bonds is 3. The predicted octanol–water partition coefficient (Wildman–Crippen LogP) is 3.69. The molecule has 1 aliphatic rings. The Morgan fingerprint density at radius 2 is 1.78 bits per heavy atom. The van der Waals surface area contributed by atoms with E-state index in [2.05, 4.69) is 30.9 Å². The Balaban J connectivity index is 1.73. The standard InChI is InChI=1S/C24H24ClN5O2/c1-15-12-28(19-7-5-4-6-16(19)2)23-26-21-20(29(23)13-15)22(31)30(24(32)27(21)3)14-17-8-10-18(25)11-9-17/h4-11,15H,12-14H2,1-3H3. The number of benzene rings is 2. The van der Waals surface area contributed by atoms with Crippen LogP contribution in [-0.4, -0.2) is 25.2 Å². The van der Waals surface area contributed by atoms with E-state index in [0.29, 0.717) is 34.6 Å². The molecule has 5 rings (SSSR count). The van der Waals surface area contributed by atoms with Gasteiger partial charge in [0.1, 0.15) is 0 Å². The Kier molecular flexibility index (Phi) is 4.93. The summed E-state index contributed by atoms with van der Waals surface area (Å²) in [6, 6.07) is 15.3. The van der Waals surface area contributed by atoms with Crippen molar-refractivity contribution in [3.05, 3.63) is 85.5 Å². The van der Waals surface area contributed by atoms with Crippen LogP contribution in [0.25, 0.3) is 11.2 Å². The van der Waals surface area contributed by atoms with Crippen molar-refractivity contribution < 1.29 is 0 Å². The maximum atomic E-state index is 13.6. The van der Waals surface area contributed by atoms with Gasteiger partial charge in [0, 0.05) is 30.8 Å². The molecule has 3 heterocycles. The Morgan fingerprint density at radius 1 is 1.06 bits per heavy atom. The van der Waals surface area contributed by atoms with E-state index in [9.17, 15) is 9.59 Å². The maximum Gasteiger partial charge on any atom is 0.332 e. The lowest BCUT2D eigenvalue weighted by molar-refractivity contribution is 0.457. The fourth-order valence-electron chi connectivity index (χ4n) is 4.49. The summed E-state index contributed by atoms with van der Waals surface area (Å²) in [5, 5.41) is 0.611. The van der Waals surface area contributed by atoms with Gasteiger partial charge >= 0.3 is 5.69 Å². The highest BCUT2D eigenvalue weighted by Gasteiger charge is 2.30. The third kappa shape index (κ3) is 3.24. The highest BCUT2D eigenvalue weighted by atomic mass is 35.5. The molecule has 2 aromatic heterocycles. The van der Waals surface area contributed by atoms with Crippen LogP contribution < -0.4 is 16.1 Å². The van der Waals surface area contributed by atoms with Gasteiger partial charge in [0.15, 0.2) is 11.2 Å². The summed E-state index contributed by atoms with van der Waals surface area (Å²) in [6.07, 6.45) is 0. The van der Waals surface area contributed by atoms with Crippen LogP contribution in [-0.2, 0) is 20.1 Å². The number of hydrogen-bond acceptors (Lipinski definition) is 4. The van der Waals surface area contributed by atoms with E-state index in [1.165, 1.54) is 9.13 Å². The second-order valence-electron chi connectivity index (χ2n) is 8.56. The SMILES string of the molecule is Cc1ccccc1N1CC(C)Cn2c1nc1c2c(=O)n(Cc2ccc(Cl)cc2)c(=O)n1C. The number of hydrogen-bond donors (Lipinski definition) is 0. The van der Waals surface area contributed by atoms with Crippen molar-refractivity contribution in [2.24, 2.45) is 13.0 Å². The number of imidazole rings is 1. The Bertz CT molecular complexity index is 1450. The zero-order valence-electron chi connectivity index (χ0n) is 18.2. The van der Waals surface area contributed by atoms with Crippen LogP contribution in [0.3, 0.4) is 0 Å². The summed E-state index contributed by atoms with van der Waals surface area (Å²) >= 11 is 5.98. The van der Waals surface area contributed by atoms with E-state index in [4.69, 9.17) is 16.6 Å². The molecule has 0 N–H and O–H groups in total. The van der Waals surface area contributed by atoms with E-state index in [1.54, 1.807) is 19.2 Å². The predicted molar refractivity (Wildman–Crippen MR) is 127 cm³/mol. The van der Waals surface area contributed by atoms with Gasteiger partial charge in [-0.25, -0.2) is 4.79 Å². The van der Waals surface area contributed by atoms with Crippen molar-refractivity contribution >= 4 is 34.4 Å². The van der Waals surface area contributed by atoms with E-state index in [-0.39, 0.29) is 17.8 Å². The molecule has 0 saturated carbocycles. The fraction of sp³-hybridized carbons (Fsp3) is 0.292. The molecule has 7 nitrogen and oxygen atoms in total. The normalized spacial score (nSPS) is 15.9. The molecule has 1 aliphatic heterocycles. The van der Waals surface area contributed by atoms with Crippen LogP contribution in [0.4, 0.5) is 11.6 Å². The van der Waals surface area contributed by atoms with Gasteiger partial charge in [-0.15, -0.1) is 0 Å². The van der Waals surface area contributed by atoms with Crippen LogP contribution in [0.15, 0.2) is 58.1 Å². The van der Waals surface area contributed by atoms with Crippen LogP contribution in [0.5, 0.6) is 0 Å². The van der Waals surface area contributed by atoms with Crippen molar-refractivity contribution in [2.75, 3.05) is 11.4 Å². The number of aromatic nitrogens is 4. The van der Waals surface area contributed by atoms with Gasteiger partial charge in [0.2, 0.25) is 5.95 Å². The van der Waals surface area contributed by atoms with Gasteiger partial charge in [0.25, 0.3) is 5.56 Å². The van der Waals surface area contributed by atoms with Gasteiger partial charge in [-0.1, -0.05) is 48.9 Å². The summed E-state index contributed by atoms with van der Waals surface area (Å²) in [6.45, 7) is 5.87. The highest BCUT2D eigenvalue weighted by Crippen LogP contribution is 2.34. The van der Waals surface area contributed by atoms with Crippen molar-refractivity contribution in [1.82, 2.24) is 18.7 Å². The lowest BCUT2D eigenvalue weighted by Crippen LogP contribution is -2.40. The minimum Gasteiger partial charge on any atom is -0.311 e. The fourth-order valence-corrected chi connectivity index (χ4v) is 4.61. The van der Waals surface area contributed by atoms with Gasteiger partial charge in [-0.05, 0) is 42.2 Å². The average Bonchev–Trinajstić information content (AvgIpc) is 3.16. The monoisotopic (exact) mass is 449 g/mol. The quantitative estimate of drug-likeness (QED) is 0.478. The largest absolute Gasteiger partial charge is 0.332 e. The Morgan fingerprint density at radius 3 is 2.50 bits per heavy atom. The van der Waals surface area contributed by atoms with Crippen LogP contribution in [0.2, 0.25) is 5.02 Å². The first-order valence-corrected chi connectivity index (χ1v) is 11.0. The number of fused-ring (bicyclic) bond motifs is 3. The molecule has 164 valence electrons. The third-order valence-electron chi connectivity index (χ3n) is 6.10. The molecule has 0 radical (unpaired) electrons. The average molecular weight is 450 g/mol. The summed E-state index contributed by atoms with van der Waals surface area (Å²) in [4.78, 5) is 33.6. The Labute approximate surface area is 190 Å². The van der Waals surface area contributed by atoms with Crippen molar-refractivity contribution in [3.8, 4) is 0 Å². The van der Waals surface area contributed by atoms with Crippen LogP contribution in [0.1, 0.15) is 18.1 Å². The number of para-hydroxylation sites is 1. The lowest BCUT2D eigenvalue weighted by atomic mass is 10.1. The van der Waals surface area contributed by atoms with Crippen molar-refractivity contribution in [3.63, 3.8) is 0 Å². The highest BCUT2D eigenvalue weighted by molar-refractivity contribution is 6.30. The van der Waals surface area contributed by atoms with Crippen LogP contribution in [0, 0.1) is 12.8 Å². The minimum atomic E-state index is -0.386. The molecular weight excluding hydrogens is 426 g/mol. The molecule has 0 saturated heterocycles. The molecule has 32 heavy (non-hydrogen) atoms. The molecule has 0 aliphatic carbocycles. The second kappa shape index (κ2) is 7.67. The lowest BCUT2D eigenvalue weighted by Gasteiger charge is -2.33. The summed E-state index contributed by atoms with van der Waals surface area (Å²) < 4.78 is 4.71. The topological polar surface area (TPSA) is 65.1 Å². The maximum absolute atomic E-state index is 13.6. The molecule has 2 aromatic carbocycles. The summed E-state index contributed by atoms with van der Waals surface area (Å²) in [5.74, 6) is 1.00. The van der Waals surface area contributed by atoms with E-state index < -0.39 is 0 Å². The zero-order chi connectivity index (χ0) is 22.6. The van der Waals surface area contributed by atoms with E-state index in [1.807, 2.05) is 28.8 Å². The first kappa shape index (κ1) is 20.6. The smallest absolute Gasteiger partial charge is 0.311 e. The molecule has 0 fully saturated rings. The van der Waals surface area contributed by atoms with Gasteiger partial charge < -0.3 is 9.47 Å². The van der Waals surface area contributed by atoms with E-state index >= 15 is 0 Å². The first-order chi connectivity index (χ1) is 15.3. The molecule has 1 atom stereocenters. The van der Waals surface area contributed by atoms with Gasteiger partial charge in [0.05, 0.1) is 6.54 Å². The molecular formula is C24H24ClN5O2. The molecule has 0 bridgehead atoms. The summed E-state index contributed by atoms with van der Waals surface area (Å²) in [5.41, 5.74) is 3.19. The Hall–Kier alpha value is -3.32. The number of anilines is 2. The number of aryl methyl sites for hydroxylation is 2. The number of halogens is 1. The molecule has 0 amide bonds.